The van der Waals surface area contributed by atoms with E-state index in [0.717, 1.165) is 25.1 Å². The van der Waals surface area contributed by atoms with Crippen molar-refractivity contribution < 1.29 is 18.3 Å². The van der Waals surface area contributed by atoms with Crippen LogP contribution in [0.2, 0.25) is 0 Å². The fourth-order valence-corrected chi connectivity index (χ4v) is 4.48. The lowest BCUT2D eigenvalue weighted by Crippen LogP contribution is -2.29. The normalized spacial score (nSPS) is 18.6. The van der Waals surface area contributed by atoms with Gasteiger partial charge < -0.3 is 5.11 Å². The van der Waals surface area contributed by atoms with Crippen molar-refractivity contribution in [1.82, 2.24) is 9.29 Å². The summed E-state index contributed by atoms with van der Waals surface area (Å²) in [4.78, 5) is 14.7. The number of hydrogen-bond donors (Lipinski definition) is 1. The van der Waals surface area contributed by atoms with Gasteiger partial charge in [-0.1, -0.05) is 30.3 Å². The van der Waals surface area contributed by atoms with E-state index in [9.17, 15) is 13.2 Å². The quantitative estimate of drug-likeness (QED) is 0.895. The molecule has 1 aromatic carbocycles. The van der Waals surface area contributed by atoms with Crippen LogP contribution < -0.4 is 0 Å². The van der Waals surface area contributed by atoms with Crippen molar-refractivity contribution in [2.24, 2.45) is 5.92 Å². The predicted molar refractivity (Wildman–Crippen MR) is 88.2 cm³/mol. The molecule has 2 aromatic rings. The lowest BCUT2D eigenvalue weighted by molar-refractivity contribution is 0.0696. The number of aromatic carboxylic acids is 1. The van der Waals surface area contributed by atoms with Crippen LogP contribution in [0.4, 0.5) is 0 Å². The maximum atomic E-state index is 12.7. The molecule has 1 unspecified atom stereocenters. The number of rotatable bonds is 5. The van der Waals surface area contributed by atoms with Crippen molar-refractivity contribution in [3.05, 3.63) is 59.9 Å². The summed E-state index contributed by atoms with van der Waals surface area (Å²) in [5.41, 5.74) is 1.06. The van der Waals surface area contributed by atoms with Crippen molar-refractivity contribution >= 4 is 16.0 Å². The molecule has 0 bridgehead atoms. The monoisotopic (exact) mass is 346 g/mol. The molecular weight excluding hydrogens is 328 g/mol. The van der Waals surface area contributed by atoms with Crippen LogP contribution in [-0.2, 0) is 16.4 Å². The summed E-state index contributed by atoms with van der Waals surface area (Å²) in [5, 5.41) is 9.00. The first-order chi connectivity index (χ1) is 11.5. The molecule has 0 amide bonds. The van der Waals surface area contributed by atoms with Gasteiger partial charge in [-0.25, -0.2) is 13.2 Å². The van der Waals surface area contributed by atoms with Crippen molar-refractivity contribution in [2.45, 2.75) is 17.7 Å². The van der Waals surface area contributed by atoms with Gasteiger partial charge in [-0.2, -0.15) is 4.31 Å². The van der Waals surface area contributed by atoms with E-state index >= 15 is 0 Å². The minimum atomic E-state index is -3.71. The maximum Gasteiger partial charge on any atom is 0.337 e. The van der Waals surface area contributed by atoms with Gasteiger partial charge in [0.15, 0.2) is 0 Å². The first-order valence-electron chi connectivity index (χ1n) is 7.69. The fourth-order valence-electron chi connectivity index (χ4n) is 2.96. The van der Waals surface area contributed by atoms with Crippen LogP contribution in [0, 0.1) is 5.92 Å². The van der Waals surface area contributed by atoms with Crippen molar-refractivity contribution in [1.29, 1.82) is 0 Å². The van der Waals surface area contributed by atoms with E-state index in [4.69, 9.17) is 5.11 Å². The van der Waals surface area contributed by atoms with Crippen molar-refractivity contribution in [3.63, 3.8) is 0 Å². The minimum Gasteiger partial charge on any atom is -0.478 e. The van der Waals surface area contributed by atoms with Gasteiger partial charge in [0.05, 0.1) is 5.56 Å². The average molecular weight is 346 g/mol. The van der Waals surface area contributed by atoms with Gasteiger partial charge in [-0.15, -0.1) is 0 Å². The molecule has 0 saturated carbocycles. The second kappa shape index (κ2) is 6.70. The second-order valence-corrected chi connectivity index (χ2v) is 7.86. The third-order valence-corrected chi connectivity index (χ3v) is 6.04. The third kappa shape index (κ3) is 3.47. The Balaban J connectivity index is 1.74. The predicted octanol–water partition coefficient (Wildman–Crippen LogP) is 2.03. The molecule has 126 valence electrons. The van der Waals surface area contributed by atoms with Crippen LogP contribution >= 0.6 is 0 Å². The number of carboxylic acids is 1. The summed E-state index contributed by atoms with van der Waals surface area (Å²) in [6.07, 6.45) is 3.97. The van der Waals surface area contributed by atoms with Gasteiger partial charge in [-0.3, -0.25) is 4.98 Å². The maximum absolute atomic E-state index is 12.7. The third-order valence-electron chi connectivity index (χ3n) is 4.21. The fraction of sp³-hybridized carbons (Fsp3) is 0.294. The van der Waals surface area contributed by atoms with E-state index in [0.29, 0.717) is 13.1 Å². The first-order valence-corrected chi connectivity index (χ1v) is 9.13. The zero-order chi connectivity index (χ0) is 17.2. The highest BCUT2D eigenvalue weighted by Crippen LogP contribution is 2.26. The Labute approximate surface area is 140 Å². The summed E-state index contributed by atoms with van der Waals surface area (Å²) in [6, 6.07) is 11.1. The lowest BCUT2D eigenvalue weighted by Gasteiger charge is -2.16. The van der Waals surface area contributed by atoms with Gasteiger partial charge in [-0.05, 0) is 30.4 Å². The van der Waals surface area contributed by atoms with Crippen molar-refractivity contribution in [3.8, 4) is 0 Å². The van der Waals surface area contributed by atoms with Gasteiger partial charge >= 0.3 is 5.97 Å². The van der Waals surface area contributed by atoms with Crippen LogP contribution in [0.1, 0.15) is 22.3 Å². The van der Waals surface area contributed by atoms with Crippen LogP contribution in [0.5, 0.6) is 0 Å². The van der Waals surface area contributed by atoms with E-state index in [-0.39, 0.29) is 16.4 Å². The Bertz CT molecular complexity index is 837. The Morgan fingerprint density at radius 1 is 1.25 bits per heavy atom. The van der Waals surface area contributed by atoms with E-state index in [1.807, 2.05) is 30.3 Å². The van der Waals surface area contributed by atoms with E-state index in [1.54, 1.807) is 0 Å². The molecule has 1 aromatic heterocycles. The topological polar surface area (TPSA) is 87.6 Å². The average Bonchev–Trinajstić information content (AvgIpc) is 3.05. The number of carboxylic acid groups (broad SMARTS) is 1. The van der Waals surface area contributed by atoms with Gasteiger partial charge in [0, 0.05) is 25.5 Å². The summed E-state index contributed by atoms with van der Waals surface area (Å²) < 4.78 is 26.8. The lowest BCUT2D eigenvalue weighted by atomic mass is 9.99. The Hall–Kier alpha value is -2.25. The molecular formula is C17H18N2O4S. The Morgan fingerprint density at radius 2 is 2.00 bits per heavy atom. The standard InChI is InChI=1S/C17H18N2O4S/c20-17(21)15-9-16(11-18-10-15)24(22,23)19-7-6-14(12-19)8-13-4-2-1-3-5-13/h1-5,9-11,14H,6-8,12H2,(H,20,21). The molecule has 1 fully saturated rings. The molecule has 3 rings (SSSR count). The van der Waals surface area contributed by atoms with Gasteiger partial charge in [0.2, 0.25) is 10.0 Å². The molecule has 24 heavy (non-hydrogen) atoms. The Kier molecular flexibility index (Phi) is 4.64. The van der Waals surface area contributed by atoms with Gasteiger partial charge in [0.1, 0.15) is 4.90 Å². The second-order valence-electron chi connectivity index (χ2n) is 5.92. The van der Waals surface area contributed by atoms with Crippen LogP contribution in [0.15, 0.2) is 53.7 Å². The number of hydrogen-bond acceptors (Lipinski definition) is 4. The number of carbonyl (C=O) groups is 1. The number of sulfonamides is 1. The van der Waals surface area contributed by atoms with Crippen molar-refractivity contribution in [2.75, 3.05) is 13.1 Å². The van der Waals surface area contributed by atoms with Gasteiger partial charge in [0.25, 0.3) is 0 Å². The molecule has 1 aliphatic rings. The largest absolute Gasteiger partial charge is 0.478 e. The van der Waals surface area contributed by atoms with Crippen LogP contribution in [0.3, 0.4) is 0 Å². The molecule has 1 saturated heterocycles. The zero-order valence-electron chi connectivity index (χ0n) is 13.0. The highest BCUT2D eigenvalue weighted by Gasteiger charge is 2.33. The van der Waals surface area contributed by atoms with Crippen LogP contribution in [0.25, 0.3) is 0 Å². The minimum absolute atomic E-state index is 0.0669. The molecule has 0 spiro atoms. The summed E-state index contributed by atoms with van der Waals surface area (Å²) in [5.74, 6) is -0.930. The van der Waals surface area contributed by atoms with E-state index in [2.05, 4.69) is 4.98 Å². The molecule has 6 nitrogen and oxygen atoms in total. The number of nitrogens with zero attached hydrogens (tertiary/aromatic N) is 2. The summed E-state index contributed by atoms with van der Waals surface area (Å²) in [6.45, 7) is 0.881. The molecule has 1 N–H and O–H groups in total. The smallest absolute Gasteiger partial charge is 0.337 e. The number of benzene rings is 1. The highest BCUT2D eigenvalue weighted by atomic mass is 32.2. The molecule has 0 aliphatic carbocycles. The molecule has 7 heteroatoms. The van der Waals surface area contributed by atoms with E-state index < -0.39 is 16.0 Å². The van der Waals surface area contributed by atoms with Crippen LogP contribution in [-0.4, -0.2) is 41.9 Å². The number of pyridine rings is 1. The summed E-state index contributed by atoms with van der Waals surface area (Å²) in [7, 11) is -3.71. The SMILES string of the molecule is O=C(O)c1cncc(S(=O)(=O)N2CCC(Cc3ccccc3)C2)c1. The summed E-state index contributed by atoms with van der Waals surface area (Å²) >= 11 is 0. The number of aromatic nitrogens is 1. The molecule has 0 radical (unpaired) electrons. The zero-order valence-corrected chi connectivity index (χ0v) is 13.8. The molecule has 2 heterocycles. The molecule has 1 atom stereocenters. The molecule has 1 aliphatic heterocycles. The first kappa shape index (κ1) is 16.6. The van der Waals surface area contributed by atoms with E-state index in [1.165, 1.54) is 16.1 Å². The highest BCUT2D eigenvalue weighted by molar-refractivity contribution is 7.89. The Morgan fingerprint density at radius 3 is 2.71 bits per heavy atom.